The summed E-state index contributed by atoms with van der Waals surface area (Å²) in [7, 11) is 0. The van der Waals surface area contributed by atoms with E-state index in [2.05, 4.69) is 0 Å². The third-order valence-electron chi connectivity index (χ3n) is 4.24. The van der Waals surface area contributed by atoms with Gasteiger partial charge in [0.05, 0.1) is 0 Å². The number of fused-ring (bicyclic) bond motifs is 1. The molecule has 7 heteroatoms. The van der Waals surface area contributed by atoms with Gasteiger partial charge in [0.15, 0.2) is 11.5 Å². The van der Waals surface area contributed by atoms with Crippen LogP contribution < -0.4 is 14.3 Å². The van der Waals surface area contributed by atoms with E-state index in [4.69, 9.17) is 9.47 Å². The van der Waals surface area contributed by atoms with Gasteiger partial charge in [0.1, 0.15) is 13.2 Å². The van der Waals surface area contributed by atoms with Gasteiger partial charge >= 0.3 is 4.87 Å². The third kappa shape index (κ3) is 4.04. The Kier molecular flexibility index (Phi) is 5.43. The topological polar surface area (TPSA) is 60.8 Å². The molecule has 134 valence electrons. The smallest absolute Gasteiger partial charge is 0.307 e. The SMILES string of the molecule is CCN(Cc1ccc2c(c1)OCCO2)C(=O)CCn1c(C)csc1=O. The first-order valence-corrected chi connectivity index (χ1v) is 9.27. The zero-order valence-corrected chi connectivity index (χ0v) is 15.3. The molecule has 0 saturated heterocycles. The normalized spacial score (nSPS) is 12.9. The Hall–Kier alpha value is -2.28. The quantitative estimate of drug-likeness (QED) is 0.792. The van der Waals surface area contributed by atoms with Crippen molar-refractivity contribution in [2.75, 3.05) is 19.8 Å². The van der Waals surface area contributed by atoms with Gasteiger partial charge in [-0.05, 0) is 31.5 Å². The molecule has 0 radical (unpaired) electrons. The van der Waals surface area contributed by atoms with E-state index in [0.717, 1.165) is 22.8 Å². The minimum Gasteiger partial charge on any atom is -0.486 e. The van der Waals surface area contributed by atoms with E-state index in [1.54, 1.807) is 9.47 Å². The highest BCUT2D eigenvalue weighted by Crippen LogP contribution is 2.31. The molecule has 0 fully saturated rings. The van der Waals surface area contributed by atoms with Crippen LogP contribution in [0.4, 0.5) is 0 Å². The van der Waals surface area contributed by atoms with Gasteiger partial charge in [0.25, 0.3) is 0 Å². The number of hydrogen-bond acceptors (Lipinski definition) is 5. The van der Waals surface area contributed by atoms with Crippen molar-refractivity contribution in [3.05, 3.63) is 44.5 Å². The van der Waals surface area contributed by atoms with E-state index in [9.17, 15) is 9.59 Å². The summed E-state index contributed by atoms with van der Waals surface area (Å²) < 4.78 is 12.8. The molecule has 0 atom stereocenters. The van der Waals surface area contributed by atoms with Gasteiger partial charge in [0.2, 0.25) is 5.91 Å². The van der Waals surface area contributed by atoms with Gasteiger partial charge in [-0.2, -0.15) is 0 Å². The zero-order valence-electron chi connectivity index (χ0n) is 14.5. The molecule has 2 heterocycles. The molecular weight excluding hydrogens is 340 g/mol. The van der Waals surface area contributed by atoms with Crippen molar-refractivity contribution >= 4 is 17.2 Å². The Bertz CT molecular complexity index is 812. The highest BCUT2D eigenvalue weighted by Gasteiger charge is 2.16. The number of rotatable bonds is 6. The van der Waals surface area contributed by atoms with Gasteiger partial charge in [0, 0.05) is 37.1 Å². The second-order valence-electron chi connectivity index (χ2n) is 5.93. The minimum absolute atomic E-state index is 0.0137. The van der Waals surface area contributed by atoms with Gasteiger partial charge in [-0.1, -0.05) is 17.4 Å². The van der Waals surface area contributed by atoms with Gasteiger partial charge in [-0.25, -0.2) is 0 Å². The van der Waals surface area contributed by atoms with E-state index in [1.807, 2.05) is 37.4 Å². The standard InChI is InChI=1S/C18H22N2O4S/c1-3-19(17(21)6-7-20-13(2)12-25-18(20)22)11-14-4-5-15-16(10-14)24-9-8-23-15/h4-5,10,12H,3,6-9,11H2,1-2H3. The number of carbonyl (C=O) groups excluding carboxylic acids is 1. The highest BCUT2D eigenvalue weighted by atomic mass is 32.1. The molecule has 0 bridgehead atoms. The Morgan fingerprint density at radius 3 is 2.72 bits per heavy atom. The van der Waals surface area contributed by atoms with E-state index >= 15 is 0 Å². The molecule has 0 N–H and O–H groups in total. The summed E-state index contributed by atoms with van der Waals surface area (Å²) in [6.07, 6.45) is 0.315. The molecule has 0 saturated carbocycles. The summed E-state index contributed by atoms with van der Waals surface area (Å²) in [6, 6.07) is 5.77. The van der Waals surface area contributed by atoms with Crippen molar-refractivity contribution in [3.63, 3.8) is 0 Å². The van der Waals surface area contributed by atoms with E-state index in [1.165, 1.54) is 11.3 Å². The predicted molar refractivity (Wildman–Crippen MR) is 96.5 cm³/mol. The molecule has 3 rings (SSSR count). The summed E-state index contributed by atoms with van der Waals surface area (Å²) in [5.74, 6) is 1.51. The molecule has 6 nitrogen and oxygen atoms in total. The number of aryl methyl sites for hydroxylation is 1. The molecule has 25 heavy (non-hydrogen) atoms. The average molecular weight is 362 g/mol. The van der Waals surface area contributed by atoms with Crippen molar-refractivity contribution < 1.29 is 14.3 Å². The minimum atomic E-state index is -0.0137. The second kappa shape index (κ2) is 7.74. The predicted octanol–water partition coefficient (Wildman–Crippen LogP) is 2.43. The Morgan fingerprint density at radius 1 is 1.28 bits per heavy atom. The van der Waals surface area contributed by atoms with Crippen LogP contribution in [0.15, 0.2) is 28.4 Å². The molecule has 0 spiro atoms. The zero-order chi connectivity index (χ0) is 17.8. The highest BCUT2D eigenvalue weighted by molar-refractivity contribution is 7.07. The first-order chi connectivity index (χ1) is 12.1. The number of hydrogen-bond donors (Lipinski definition) is 0. The number of nitrogens with zero attached hydrogens (tertiary/aromatic N) is 2. The maximum absolute atomic E-state index is 12.5. The molecule has 1 aliphatic rings. The van der Waals surface area contributed by atoms with Crippen LogP contribution in [-0.4, -0.2) is 35.1 Å². The summed E-state index contributed by atoms with van der Waals surface area (Å²) in [5.41, 5.74) is 1.90. The number of thiazole rings is 1. The molecule has 2 aromatic rings. The fraction of sp³-hybridized carbons (Fsp3) is 0.444. The van der Waals surface area contributed by atoms with Crippen molar-refractivity contribution in [3.8, 4) is 11.5 Å². The van der Waals surface area contributed by atoms with Gasteiger partial charge < -0.3 is 18.9 Å². The number of carbonyl (C=O) groups is 1. The van der Waals surface area contributed by atoms with Crippen molar-refractivity contribution in [2.24, 2.45) is 0 Å². The number of ether oxygens (including phenoxy) is 2. The lowest BCUT2D eigenvalue weighted by atomic mass is 10.1. The molecule has 1 aromatic heterocycles. The maximum Gasteiger partial charge on any atom is 0.307 e. The summed E-state index contributed by atoms with van der Waals surface area (Å²) in [4.78, 5) is 26.1. The van der Waals surface area contributed by atoms with E-state index in [-0.39, 0.29) is 10.8 Å². The lowest BCUT2D eigenvalue weighted by molar-refractivity contribution is -0.131. The van der Waals surface area contributed by atoms with Crippen molar-refractivity contribution in [2.45, 2.75) is 33.4 Å². The Labute approximate surface area is 150 Å². The lowest BCUT2D eigenvalue weighted by Crippen LogP contribution is -2.31. The van der Waals surface area contributed by atoms with Crippen LogP contribution in [0.5, 0.6) is 11.5 Å². The summed E-state index contributed by atoms with van der Waals surface area (Å²) >= 11 is 1.17. The second-order valence-corrected chi connectivity index (χ2v) is 6.75. The van der Waals surface area contributed by atoms with Gasteiger partial charge in [-0.15, -0.1) is 0 Å². The largest absolute Gasteiger partial charge is 0.486 e. The van der Waals surface area contributed by atoms with Crippen molar-refractivity contribution in [1.29, 1.82) is 0 Å². The fourth-order valence-corrected chi connectivity index (χ4v) is 3.58. The monoisotopic (exact) mass is 362 g/mol. The Balaban J connectivity index is 1.63. The van der Waals surface area contributed by atoms with Crippen LogP contribution in [-0.2, 0) is 17.9 Å². The molecule has 1 amide bonds. The molecule has 0 aliphatic carbocycles. The lowest BCUT2D eigenvalue weighted by Gasteiger charge is -2.23. The van der Waals surface area contributed by atoms with Crippen LogP contribution >= 0.6 is 11.3 Å². The average Bonchev–Trinajstić information content (AvgIpc) is 2.95. The number of amides is 1. The maximum atomic E-state index is 12.5. The van der Waals surface area contributed by atoms with E-state index in [0.29, 0.717) is 39.3 Å². The van der Waals surface area contributed by atoms with Crippen LogP contribution in [0.1, 0.15) is 24.6 Å². The summed E-state index contributed by atoms with van der Waals surface area (Å²) in [6.45, 7) is 6.50. The fourth-order valence-electron chi connectivity index (χ4n) is 2.82. The van der Waals surface area contributed by atoms with E-state index < -0.39 is 0 Å². The van der Waals surface area contributed by atoms with Crippen LogP contribution in [0.25, 0.3) is 0 Å². The van der Waals surface area contributed by atoms with Gasteiger partial charge in [-0.3, -0.25) is 9.59 Å². The van der Waals surface area contributed by atoms with Crippen molar-refractivity contribution in [1.82, 2.24) is 9.47 Å². The van der Waals surface area contributed by atoms with Crippen LogP contribution in [0, 0.1) is 6.92 Å². The Morgan fingerprint density at radius 2 is 2.04 bits per heavy atom. The number of benzene rings is 1. The third-order valence-corrected chi connectivity index (χ3v) is 5.12. The molecule has 1 aliphatic heterocycles. The summed E-state index contributed by atoms with van der Waals surface area (Å²) in [5, 5.41) is 1.82. The first-order valence-electron chi connectivity index (χ1n) is 8.39. The number of aromatic nitrogens is 1. The molecule has 0 unspecified atom stereocenters. The van der Waals surface area contributed by atoms with Crippen LogP contribution in [0.2, 0.25) is 0 Å². The van der Waals surface area contributed by atoms with Crippen LogP contribution in [0.3, 0.4) is 0 Å². The molecule has 1 aromatic carbocycles. The molecular formula is C18H22N2O4S. The first kappa shape index (κ1) is 17.5.